The Bertz CT molecular complexity index is 748. The van der Waals surface area contributed by atoms with Crippen LogP contribution in [0.5, 0.6) is 0 Å². The molecule has 0 aliphatic carbocycles. The zero-order chi connectivity index (χ0) is 23.4. The first-order chi connectivity index (χ1) is 14.6. The molecule has 1 rings (SSSR count). The van der Waals surface area contributed by atoms with Gasteiger partial charge in [-0.1, -0.05) is 32.9 Å². The largest absolute Gasteiger partial charge is 0.389 e. The SMILES string of the molecule is CC(C)(C)C(=O)NCc1cccc(C(=O)N(CCCC(=O)CO)CCCC(=O)CO)c1. The summed E-state index contributed by atoms with van der Waals surface area (Å²) in [6, 6.07) is 6.97. The van der Waals surface area contributed by atoms with E-state index in [2.05, 4.69) is 5.32 Å². The summed E-state index contributed by atoms with van der Waals surface area (Å²) < 4.78 is 0. The lowest BCUT2D eigenvalue weighted by atomic mass is 9.95. The summed E-state index contributed by atoms with van der Waals surface area (Å²) in [5, 5.41) is 20.6. The fourth-order valence-corrected chi connectivity index (χ4v) is 2.85. The number of rotatable bonds is 13. The smallest absolute Gasteiger partial charge is 0.253 e. The number of amides is 2. The lowest BCUT2D eigenvalue weighted by Crippen LogP contribution is -2.35. The van der Waals surface area contributed by atoms with Gasteiger partial charge in [0.05, 0.1) is 0 Å². The normalized spacial score (nSPS) is 11.1. The van der Waals surface area contributed by atoms with Gasteiger partial charge >= 0.3 is 0 Å². The van der Waals surface area contributed by atoms with E-state index in [0.29, 0.717) is 38.0 Å². The van der Waals surface area contributed by atoms with Crippen molar-refractivity contribution in [2.24, 2.45) is 5.41 Å². The van der Waals surface area contributed by atoms with Gasteiger partial charge in [0.2, 0.25) is 5.91 Å². The van der Waals surface area contributed by atoms with Crippen molar-refractivity contribution in [2.45, 2.75) is 53.0 Å². The van der Waals surface area contributed by atoms with Crippen LogP contribution in [-0.4, -0.2) is 64.8 Å². The van der Waals surface area contributed by atoms with Crippen molar-refractivity contribution in [3.05, 3.63) is 35.4 Å². The highest BCUT2D eigenvalue weighted by molar-refractivity contribution is 5.94. The minimum absolute atomic E-state index is 0.0899. The Kier molecular flexibility index (Phi) is 11.1. The van der Waals surface area contributed by atoms with Crippen molar-refractivity contribution < 1.29 is 29.4 Å². The van der Waals surface area contributed by atoms with Crippen LogP contribution >= 0.6 is 0 Å². The van der Waals surface area contributed by atoms with Gasteiger partial charge < -0.3 is 20.4 Å². The third-order valence-corrected chi connectivity index (χ3v) is 4.72. The molecule has 0 saturated heterocycles. The minimum atomic E-state index is -0.527. The van der Waals surface area contributed by atoms with Crippen molar-refractivity contribution in [3.8, 4) is 0 Å². The molecule has 0 bridgehead atoms. The van der Waals surface area contributed by atoms with E-state index in [1.54, 1.807) is 23.1 Å². The Balaban J connectivity index is 2.84. The number of ketones is 2. The Morgan fingerprint density at radius 3 is 1.97 bits per heavy atom. The highest BCUT2D eigenvalue weighted by Gasteiger charge is 2.21. The van der Waals surface area contributed by atoms with Crippen molar-refractivity contribution in [1.29, 1.82) is 0 Å². The Hall–Kier alpha value is -2.58. The van der Waals surface area contributed by atoms with Gasteiger partial charge in [-0.25, -0.2) is 0 Å². The Morgan fingerprint density at radius 2 is 1.48 bits per heavy atom. The number of nitrogens with one attached hydrogen (secondary N) is 1. The topological polar surface area (TPSA) is 124 Å². The van der Waals surface area contributed by atoms with Gasteiger partial charge in [-0.15, -0.1) is 0 Å². The standard InChI is InChI=1S/C23H34N2O6/c1-23(2,3)22(31)24-14-17-7-4-8-18(13-17)21(30)25(11-5-9-19(28)15-26)12-6-10-20(29)16-27/h4,7-8,13,26-27H,5-6,9-12,14-16H2,1-3H3,(H,24,31). The third-order valence-electron chi connectivity index (χ3n) is 4.72. The quantitative estimate of drug-likeness (QED) is 0.432. The molecule has 0 atom stereocenters. The third kappa shape index (κ3) is 9.85. The van der Waals surface area contributed by atoms with E-state index in [1.165, 1.54) is 0 Å². The summed E-state index contributed by atoms with van der Waals surface area (Å²) in [6.07, 6.45) is 1.13. The molecule has 0 fully saturated rings. The molecule has 3 N–H and O–H groups in total. The van der Waals surface area contributed by atoms with E-state index >= 15 is 0 Å². The maximum Gasteiger partial charge on any atom is 0.253 e. The lowest BCUT2D eigenvalue weighted by Gasteiger charge is -2.23. The molecule has 1 aromatic rings. The van der Waals surface area contributed by atoms with Crippen LogP contribution in [0.2, 0.25) is 0 Å². The van der Waals surface area contributed by atoms with Crippen molar-refractivity contribution in [3.63, 3.8) is 0 Å². The molecular weight excluding hydrogens is 400 g/mol. The van der Waals surface area contributed by atoms with Gasteiger partial charge in [-0.2, -0.15) is 0 Å². The fourth-order valence-electron chi connectivity index (χ4n) is 2.85. The van der Waals surface area contributed by atoms with Gasteiger partial charge in [0.15, 0.2) is 11.6 Å². The average Bonchev–Trinajstić information content (AvgIpc) is 2.74. The summed E-state index contributed by atoms with van der Waals surface area (Å²) in [5.41, 5.74) is 0.723. The summed E-state index contributed by atoms with van der Waals surface area (Å²) in [7, 11) is 0. The van der Waals surface area contributed by atoms with E-state index in [1.807, 2.05) is 26.8 Å². The van der Waals surface area contributed by atoms with Crippen LogP contribution in [0, 0.1) is 5.41 Å². The maximum absolute atomic E-state index is 13.1. The zero-order valence-electron chi connectivity index (χ0n) is 18.6. The number of carbonyl (C=O) groups is 4. The van der Waals surface area contributed by atoms with E-state index in [9.17, 15) is 19.2 Å². The molecule has 0 saturated carbocycles. The molecule has 0 aliphatic heterocycles. The number of Topliss-reactive ketones (excluding diaryl/α,β-unsaturated/α-hetero) is 2. The van der Waals surface area contributed by atoms with Crippen LogP contribution in [-0.2, 0) is 20.9 Å². The van der Waals surface area contributed by atoms with Gasteiger partial charge in [0, 0.05) is 43.5 Å². The molecule has 172 valence electrons. The predicted octanol–water partition coefficient (Wildman–Crippen LogP) is 1.47. The Morgan fingerprint density at radius 1 is 0.935 bits per heavy atom. The number of hydrogen-bond acceptors (Lipinski definition) is 6. The first-order valence-electron chi connectivity index (χ1n) is 10.5. The van der Waals surface area contributed by atoms with Crippen LogP contribution in [0.15, 0.2) is 24.3 Å². The summed E-state index contributed by atoms with van der Waals surface area (Å²) in [6.45, 7) is 5.33. The average molecular weight is 435 g/mol. The molecule has 2 amide bonds. The van der Waals surface area contributed by atoms with Crippen LogP contribution in [0.4, 0.5) is 0 Å². The van der Waals surface area contributed by atoms with E-state index < -0.39 is 18.6 Å². The van der Waals surface area contributed by atoms with E-state index in [4.69, 9.17) is 10.2 Å². The second kappa shape index (κ2) is 13.0. The minimum Gasteiger partial charge on any atom is -0.389 e. The lowest BCUT2D eigenvalue weighted by molar-refractivity contribution is -0.128. The number of benzene rings is 1. The molecule has 8 heteroatoms. The monoisotopic (exact) mass is 434 g/mol. The number of nitrogens with zero attached hydrogens (tertiary/aromatic N) is 1. The Labute approximate surface area is 183 Å². The van der Waals surface area contributed by atoms with Crippen LogP contribution in [0.1, 0.15) is 62.4 Å². The second-order valence-electron chi connectivity index (χ2n) is 8.53. The molecule has 0 spiro atoms. The van der Waals surface area contributed by atoms with Crippen molar-refractivity contribution in [2.75, 3.05) is 26.3 Å². The van der Waals surface area contributed by atoms with Crippen LogP contribution in [0.3, 0.4) is 0 Å². The van der Waals surface area contributed by atoms with Crippen LogP contribution in [0.25, 0.3) is 0 Å². The summed E-state index contributed by atoms with van der Waals surface area (Å²) >= 11 is 0. The maximum atomic E-state index is 13.1. The molecule has 0 heterocycles. The highest BCUT2D eigenvalue weighted by Crippen LogP contribution is 2.14. The molecule has 0 radical (unpaired) electrons. The van der Waals surface area contributed by atoms with Crippen LogP contribution < -0.4 is 5.32 Å². The highest BCUT2D eigenvalue weighted by atomic mass is 16.3. The molecular formula is C23H34N2O6. The molecule has 31 heavy (non-hydrogen) atoms. The van der Waals surface area contributed by atoms with E-state index in [0.717, 1.165) is 5.56 Å². The molecule has 1 aromatic carbocycles. The zero-order valence-corrected chi connectivity index (χ0v) is 18.6. The van der Waals surface area contributed by atoms with E-state index in [-0.39, 0.29) is 36.2 Å². The first kappa shape index (κ1) is 26.5. The number of aliphatic hydroxyl groups is 2. The first-order valence-corrected chi connectivity index (χ1v) is 10.5. The molecule has 0 aliphatic rings. The molecule has 0 unspecified atom stereocenters. The summed E-state index contributed by atoms with van der Waals surface area (Å²) in [4.78, 5) is 49.4. The number of hydrogen-bond donors (Lipinski definition) is 3. The van der Waals surface area contributed by atoms with Crippen molar-refractivity contribution in [1.82, 2.24) is 10.2 Å². The van der Waals surface area contributed by atoms with Gasteiger partial charge in [-0.05, 0) is 30.5 Å². The van der Waals surface area contributed by atoms with Gasteiger partial charge in [0.25, 0.3) is 5.91 Å². The molecule has 8 nitrogen and oxygen atoms in total. The number of aliphatic hydroxyl groups excluding tert-OH is 2. The summed E-state index contributed by atoms with van der Waals surface area (Å²) in [5.74, 6) is -0.913. The van der Waals surface area contributed by atoms with Gasteiger partial charge in [0.1, 0.15) is 13.2 Å². The van der Waals surface area contributed by atoms with Gasteiger partial charge in [-0.3, -0.25) is 19.2 Å². The second-order valence-corrected chi connectivity index (χ2v) is 8.53. The van der Waals surface area contributed by atoms with Crippen molar-refractivity contribution >= 4 is 23.4 Å². The predicted molar refractivity (Wildman–Crippen MR) is 116 cm³/mol. The number of carbonyl (C=O) groups excluding carboxylic acids is 4. The molecule has 0 aromatic heterocycles. The fraction of sp³-hybridized carbons (Fsp3) is 0.565.